The Labute approximate surface area is 188 Å². The molecule has 0 unspecified atom stereocenters. The van der Waals surface area contributed by atoms with Crippen LogP contribution < -0.4 is 19.1 Å². The largest absolute Gasteiger partial charge is 0.496 e. The summed E-state index contributed by atoms with van der Waals surface area (Å²) in [5.41, 5.74) is 1.54. The van der Waals surface area contributed by atoms with Crippen LogP contribution in [0.5, 0.6) is 11.5 Å². The lowest BCUT2D eigenvalue weighted by Crippen LogP contribution is -2.38. The van der Waals surface area contributed by atoms with Crippen LogP contribution in [0.2, 0.25) is 0 Å². The molecule has 0 aromatic heterocycles. The maximum atomic E-state index is 13.5. The van der Waals surface area contributed by atoms with Gasteiger partial charge in [0.1, 0.15) is 18.0 Å². The van der Waals surface area contributed by atoms with Gasteiger partial charge in [-0.05, 0) is 61.9 Å². The van der Waals surface area contributed by atoms with Crippen molar-refractivity contribution in [2.45, 2.75) is 18.7 Å². The summed E-state index contributed by atoms with van der Waals surface area (Å²) in [6.45, 7) is 3.65. The molecule has 0 aliphatic rings. The molecular weight excluding hydrogens is 428 g/mol. The lowest BCUT2D eigenvalue weighted by molar-refractivity contribution is -0.114. The summed E-state index contributed by atoms with van der Waals surface area (Å²) in [6.07, 6.45) is 0. The molecule has 0 aliphatic carbocycles. The molecule has 0 heterocycles. The first-order valence-electron chi connectivity index (χ1n) is 10.1. The van der Waals surface area contributed by atoms with Gasteiger partial charge < -0.3 is 14.8 Å². The molecule has 0 fully saturated rings. The number of hydrogen-bond donors (Lipinski definition) is 1. The van der Waals surface area contributed by atoms with Gasteiger partial charge in [-0.15, -0.1) is 0 Å². The third-order valence-corrected chi connectivity index (χ3v) is 6.52. The summed E-state index contributed by atoms with van der Waals surface area (Å²) in [7, 11) is -2.50. The maximum Gasteiger partial charge on any atom is 0.264 e. The summed E-state index contributed by atoms with van der Waals surface area (Å²) >= 11 is 0. The standard InChI is InChI=1S/C24H26N2O5S/c1-4-31-23-13-9-8-12-21(23)25-24(27)17-26(19-10-6-5-7-11-19)32(28,29)20-14-15-22(30-3)18(2)16-20/h5-16H,4,17H2,1-3H3,(H,25,27). The van der Waals surface area contributed by atoms with E-state index in [1.807, 2.05) is 6.92 Å². The van der Waals surface area contributed by atoms with Crippen LogP contribution in [0, 0.1) is 6.92 Å². The average molecular weight is 455 g/mol. The average Bonchev–Trinajstić information content (AvgIpc) is 2.79. The van der Waals surface area contributed by atoms with Crippen LogP contribution in [0.25, 0.3) is 0 Å². The van der Waals surface area contributed by atoms with E-state index in [1.165, 1.54) is 19.2 Å². The molecule has 0 aliphatic heterocycles. The number of benzene rings is 3. The van der Waals surface area contributed by atoms with Gasteiger partial charge in [0.15, 0.2) is 0 Å². The highest BCUT2D eigenvalue weighted by Crippen LogP contribution is 2.28. The van der Waals surface area contributed by atoms with Crippen molar-refractivity contribution in [2.75, 3.05) is 29.9 Å². The lowest BCUT2D eigenvalue weighted by Gasteiger charge is -2.24. The molecule has 0 atom stereocenters. The predicted octanol–water partition coefficient (Wildman–Crippen LogP) is 4.24. The summed E-state index contributed by atoms with van der Waals surface area (Å²) in [6, 6.07) is 20.1. The highest BCUT2D eigenvalue weighted by atomic mass is 32.2. The molecule has 0 bridgehead atoms. The number of methoxy groups -OCH3 is 1. The Morgan fingerprint density at radius 1 is 0.969 bits per heavy atom. The minimum absolute atomic E-state index is 0.0715. The summed E-state index contributed by atoms with van der Waals surface area (Å²) in [4.78, 5) is 13.0. The van der Waals surface area contributed by atoms with Gasteiger partial charge >= 0.3 is 0 Å². The zero-order chi connectivity index (χ0) is 23.1. The van der Waals surface area contributed by atoms with Gasteiger partial charge in [-0.3, -0.25) is 9.10 Å². The number of ether oxygens (including phenoxy) is 2. The smallest absolute Gasteiger partial charge is 0.264 e. The van der Waals surface area contributed by atoms with E-state index >= 15 is 0 Å². The zero-order valence-electron chi connectivity index (χ0n) is 18.2. The molecule has 7 nitrogen and oxygen atoms in total. The summed E-state index contributed by atoms with van der Waals surface area (Å²) in [5, 5.41) is 2.76. The van der Waals surface area contributed by atoms with Crippen molar-refractivity contribution in [3.05, 3.63) is 78.4 Å². The zero-order valence-corrected chi connectivity index (χ0v) is 19.1. The molecule has 1 amide bonds. The molecule has 0 saturated heterocycles. The predicted molar refractivity (Wildman–Crippen MR) is 125 cm³/mol. The first-order valence-corrected chi connectivity index (χ1v) is 11.5. The van der Waals surface area contributed by atoms with E-state index in [-0.39, 0.29) is 4.90 Å². The van der Waals surface area contributed by atoms with Gasteiger partial charge in [-0.25, -0.2) is 8.42 Å². The number of sulfonamides is 1. The number of nitrogens with one attached hydrogen (secondary N) is 1. The monoisotopic (exact) mass is 454 g/mol. The minimum Gasteiger partial charge on any atom is -0.496 e. The third kappa shape index (κ3) is 5.20. The number of amides is 1. The van der Waals surface area contributed by atoms with E-state index in [9.17, 15) is 13.2 Å². The van der Waals surface area contributed by atoms with Crippen LogP contribution in [0.4, 0.5) is 11.4 Å². The molecule has 0 saturated carbocycles. The highest BCUT2D eigenvalue weighted by molar-refractivity contribution is 7.92. The van der Waals surface area contributed by atoms with E-state index in [0.717, 1.165) is 4.31 Å². The first kappa shape index (κ1) is 23.1. The normalized spacial score (nSPS) is 11.0. The van der Waals surface area contributed by atoms with Gasteiger partial charge in [-0.1, -0.05) is 30.3 Å². The number of rotatable bonds is 9. The number of anilines is 2. The molecule has 8 heteroatoms. The van der Waals surface area contributed by atoms with Crippen molar-refractivity contribution >= 4 is 27.3 Å². The molecule has 0 radical (unpaired) electrons. The second kappa shape index (κ2) is 10.2. The second-order valence-corrected chi connectivity index (χ2v) is 8.82. The Hall–Kier alpha value is -3.52. The van der Waals surface area contributed by atoms with Crippen molar-refractivity contribution in [2.24, 2.45) is 0 Å². The molecule has 32 heavy (non-hydrogen) atoms. The van der Waals surface area contributed by atoms with Crippen molar-refractivity contribution in [3.8, 4) is 11.5 Å². The SMILES string of the molecule is CCOc1ccccc1NC(=O)CN(c1ccccc1)S(=O)(=O)c1ccc(OC)c(C)c1. The third-order valence-electron chi connectivity index (χ3n) is 4.75. The van der Waals surface area contributed by atoms with E-state index in [4.69, 9.17) is 9.47 Å². The Balaban J connectivity index is 1.94. The fourth-order valence-electron chi connectivity index (χ4n) is 3.22. The van der Waals surface area contributed by atoms with Crippen LogP contribution >= 0.6 is 0 Å². The van der Waals surface area contributed by atoms with Crippen LogP contribution in [0.15, 0.2) is 77.7 Å². The Bertz CT molecular complexity index is 1180. The van der Waals surface area contributed by atoms with Gasteiger partial charge in [0.05, 0.1) is 30.0 Å². The Morgan fingerprint density at radius 2 is 1.66 bits per heavy atom. The van der Waals surface area contributed by atoms with Crippen LogP contribution in [-0.4, -0.2) is 34.6 Å². The number of nitrogens with zero attached hydrogens (tertiary/aromatic N) is 1. The number of para-hydroxylation sites is 3. The van der Waals surface area contributed by atoms with Gasteiger partial charge in [0.25, 0.3) is 10.0 Å². The second-order valence-electron chi connectivity index (χ2n) is 6.96. The maximum absolute atomic E-state index is 13.5. The molecule has 168 valence electrons. The highest BCUT2D eigenvalue weighted by Gasteiger charge is 2.28. The fourth-order valence-corrected chi connectivity index (χ4v) is 4.73. The molecule has 0 spiro atoms. The lowest BCUT2D eigenvalue weighted by atomic mass is 10.2. The number of carbonyl (C=O) groups is 1. The minimum atomic E-state index is -4.02. The molecule has 3 rings (SSSR count). The Kier molecular flexibility index (Phi) is 7.37. The Morgan fingerprint density at radius 3 is 2.31 bits per heavy atom. The van der Waals surface area contributed by atoms with E-state index in [1.54, 1.807) is 67.6 Å². The summed E-state index contributed by atoms with van der Waals surface area (Å²) in [5.74, 6) is 0.610. The number of carbonyl (C=O) groups excluding carboxylic acids is 1. The van der Waals surface area contributed by atoms with Gasteiger partial charge in [0, 0.05) is 0 Å². The molecule has 1 N–H and O–H groups in total. The molecule has 3 aromatic carbocycles. The van der Waals surface area contributed by atoms with Crippen LogP contribution in [-0.2, 0) is 14.8 Å². The molecule has 3 aromatic rings. The summed E-state index contributed by atoms with van der Waals surface area (Å²) < 4.78 is 38.9. The topological polar surface area (TPSA) is 84.9 Å². The number of aryl methyl sites for hydroxylation is 1. The van der Waals surface area contributed by atoms with Crippen molar-refractivity contribution in [1.82, 2.24) is 0 Å². The van der Waals surface area contributed by atoms with Crippen molar-refractivity contribution < 1.29 is 22.7 Å². The van der Waals surface area contributed by atoms with Gasteiger partial charge in [0.2, 0.25) is 5.91 Å². The van der Waals surface area contributed by atoms with E-state index < -0.39 is 22.5 Å². The van der Waals surface area contributed by atoms with Gasteiger partial charge in [-0.2, -0.15) is 0 Å². The van der Waals surface area contributed by atoms with E-state index in [0.29, 0.717) is 35.0 Å². The van der Waals surface area contributed by atoms with Crippen molar-refractivity contribution in [3.63, 3.8) is 0 Å². The van der Waals surface area contributed by atoms with Crippen molar-refractivity contribution in [1.29, 1.82) is 0 Å². The first-order chi connectivity index (χ1) is 15.4. The fraction of sp³-hybridized carbons (Fsp3) is 0.208. The quantitative estimate of drug-likeness (QED) is 0.523. The number of hydrogen-bond acceptors (Lipinski definition) is 5. The molecular formula is C24H26N2O5S. The van der Waals surface area contributed by atoms with E-state index in [2.05, 4.69) is 5.32 Å². The van der Waals surface area contributed by atoms with Crippen LogP contribution in [0.3, 0.4) is 0 Å². The van der Waals surface area contributed by atoms with Crippen LogP contribution in [0.1, 0.15) is 12.5 Å².